The first-order chi connectivity index (χ1) is 6.83. The van der Waals surface area contributed by atoms with Crippen LogP contribution in [0.2, 0.25) is 0 Å². The Bertz CT molecular complexity index is 429. The minimum atomic E-state index is 0.570. The smallest absolute Gasteiger partial charge is 0.00978 e. The highest BCUT2D eigenvalue weighted by molar-refractivity contribution is 9.09. The van der Waals surface area contributed by atoms with Gasteiger partial charge in [0.15, 0.2) is 0 Å². The zero-order chi connectivity index (χ0) is 9.97. The summed E-state index contributed by atoms with van der Waals surface area (Å²) in [5.41, 5.74) is 1.43. The quantitative estimate of drug-likeness (QED) is 0.694. The molecule has 0 saturated carbocycles. The Morgan fingerprint density at radius 2 is 1.79 bits per heavy atom. The summed E-state index contributed by atoms with van der Waals surface area (Å²) >= 11 is 3.54. The molecule has 2 aromatic rings. The van der Waals surface area contributed by atoms with Crippen molar-refractivity contribution in [3.05, 3.63) is 48.0 Å². The third-order valence-corrected chi connectivity index (χ3v) is 3.56. The minimum absolute atomic E-state index is 0.570. The standard InChI is InChI=1S/C13H13Br/c1-10(9-14)12-8-4-6-11-5-2-3-7-13(11)12/h2-8,10H,9H2,1H3. The molecule has 0 aliphatic heterocycles. The van der Waals surface area contributed by atoms with E-state index in [0.717, 1.165) is 5.33 Å². The maximum atomic E-state index is 3.54. The van der Waals surface area contributed by atoms with Crippen molar-refractivity contribution >= 4 is 26.7 Å². The summed E-state index contributed by atoms with van der Waals surface area (Å²) in [4.78, 5) is 0. The van der Waals surface area contributed by atoms with Crippen LogP contribution in [-0.2, 0) is 0 Å². The van der Waals surface area contributed by atoms with E-state index < -0.39 is 0 Å². The fraction of sp³-hybridized carbons (Fsp3) is 0.231. The van der Waals surface area contributed by atoms with E-state index in [0.29, 0.717) is 5.92 Å². The second-order valence-corrected chi connectivity index (χ2v) is 4.27. The maximum Gasteiger partial charge on any atom is 0.00978 e. The third kappa shape index (κ3) is 1.69. The lowest BCUT2D eigenvalue weighted by Gasteiger charge is -2.11. The molecule has 0 aliphatic rings. The SMILES string of the molecule is CC(CBr)c1cccc2ccccc12. The molecule has 1 heteroatoms. The molecule has 0 N–H and O–H groups in total. The highest BCUT2D eigenvalue weighted by Crippen LogP contribution is 2.26. The van der Waals surface area contributed by atoms with Gasteiger partial charge in [-0.3, -0.25) is 0 Å². The maximum absolute atomic E-state index is 3.54. The van der Waals surface area contributed by atoms with Crippen molar-refractivity contribution in [1.82, 2.24) is 0 Å². The molecule has 0 aromatic heterocycles. The molecular formula is C13H13Br. The summed E-state index contributed by atoms with van der Waals surface area (Å²) in [6.07, 6.45) is 0. The molecule has 0 amide bonds. The van der Waals surface area contributed by atoms with Crippen molar-refractivity contribution < 1.29 is 0 Å². The number of hydrogen-bond acceptors (Lipinski definition) is 0. The van der Waals surface area contributed by atoms with Crippen molar-refractivity contribution in [2.45, 2.75) is 12.8 Å². The van der Waals surface area contributed by atoms with Crippen LogP contribution in [0.4, 0.5) is 0 Å². The molecular weight excluding hydrogens is 236 g/mol. The Labute approximate surface area is 93.1 Å². The monoisotopic (exact) mass is 248 g/mol. The van der Waals surface area contributed by atoms with Crippen molar-refractivity contribution in [2.24, 2.45) is 0 Å². The van der Waals surface area contributed by atoms with Gasteiger partial charge >= 0.3 is 0 Å². The highest BCUT2D eigenvalue weighted by atomic mass is 79.9. The van der Waals surface area contributed by atoms with E-state index in [1.807, 2.05) is 0 Å². The van der Waals surface area contributed by atoms with Gasteiger partial charge in [0.05, 0.1) is 0 Å². The number of rotatable bonds is 2. The number of hydrogen-bond donors (Lipinski definition) is 0. The van der Waals surface area contributed by atoms with Gasteiger partial charge in [-0.25, -0.2) is 0 Å². The molecule has 72 valence electrons. The largest absolute Gasteiger partial charge is 0.0922 e. The van der Waals surface area contributed by atoms with Gasteiger partial charge in [0.2, 0.25) is 0 Å². The molecule has 0 fully saturated rings. The van der Waals surface area contributed by atoms with Crippen molar-refractivity contribution in [2.75, 3.05) is 5.33 Å². The van der Waals surface area contributed by atoms with Gasteiger partial charge in [-0.15, -0.1) is 0 Å². The number of alkyl halides is 1. The van der Waals surface area contributed by atoms with E-state index in [1.165, 1.54) is 16.3 Å². The topological polar surface area (TPSA) is 0 Å². The highest BCUT2D eigenvalue weighted by Gasteiger charge is 2.06. The molecule has 0 saturated heterocycles. The zero-order valence-corrected chi connectivity index (χ0v) is 9.79. The van der Waals surface area contributed by atoms with Crippen LogP contribution in [0.3, 0.4) is 0 Å². The Hall–Kier alpha value is -0.820. The molecule has 0 bridgehead atoms. The fourth-order valence-electron chi connectivity index (χ4n) is 1.76. The second kappa shape index (κ2) is 4.14. The van der Waals surface area contributed by atoms with E-state index in [1.54, 1.807) is 0 Å². The lowest BCUT2D eigenvalue weighted by molar-refractivity contribution is 0.898. The van der Waals surface area contributed by atoms with Gasteiger partial charge in [0, 0.05) is 5.33 Å². The summed E-state index contributed by atoms with van der Waals surface area (Å²) < 4.78 is 0. The van der Waals surface area contributed by atoms with E-state index in [4.69, 9.17) is 0 Å². The summed E-state index contributed by atoms with van der Waals surface area (Å²) in [5.74, 6) is 0.570. The van der Waals surface area contributed by atoms with E-state index in [2.05, 4.69) is 65.3 Å². The average molecular weight is 249 g/mol. The lowest BCUT2D eigenvalue weighted by atomic mass is 9.96. The molecule has 14 heavy (non-hydrogen) atoms. The summed E-state index contributed by atoms with van der Waals surface area (Å²) in [7, 11) is 0. The summed E-state index contributed by atoms with van der Waals surface area (Å²) in [6.45, 7) is 2.25. The van der Waals surface area contributed by atoms with Gasteiger partial charge in [-0.2, -0.15) is 0 Å². The number of benzene rings is 2. The molecule has 0 nitrogen and oxygen atoms in total. The predicted octanol–water partition coefficient (Wildman–Crippen LogP) is 4.34. The third-order valence-electron chi connectivity index (χ3n) is 2.59. The first-order valence-electron chi connectivity index (χ1n) is 4.86. The van der Waals surface area contributed by atoms with Gasteiger partial charge < -0.3 is 0 Å². The van der Waals surface area contributed by atoms with Gasteiger partial charge in [-0.1, -0.05) is 65.3 Å². The Morgan fingerprint density at radius 1 is 1.07 bits per heavy atom. The molecule has 2 aromatic carbocycles. The molecule has 0 heterocycles. The first-order valence-corrected chi connectivity index (χ1v) is 5.98. The van der Waals surface area contributed by atoms with Crippen LogP contribution in [-0.4, -0.2) is 5.33 Å². The molecule has 0 spiro atoms. The number of fused-ring (bicyclic) bond motifs is 1. The number of halogens is 1. The van der Waals surface area contributed by atoms with Crippen LogP contribution < -0.4 is 0 Å². The van der Waals surface area contributed by atoms with E-state index in [-0.39, 0.29) is 0 Å². The lowest BCUT2D eigenvalue weighted by Crippen LogP contribution is -1.94. The molecule has 1 unspecified atom stereocenters. The van der Waals surface area contributed by atoms with E-state index >= 15 is 0 Å². The Balaban J connectivity index is 2.65. The first kappa shape index (κ1) is 9.72. The molecule has 0 radical (unpaired) electrons. The van der Waals surface area contributed by atoms with Crippen LogP contribution in [0.15, 0.2) is 42.5 Å². The van der Waals surface area contributed by atoms with Crippen molar-refractivity contribution in [1.29, 1.82) is 0 Å². The Kier molecular flexibility index (Phi) is 2.87. The predicted molar refractivity (Wildman–Crippen MR) is 66.2 cm³/mol. The van der Waals surface area contributed by atoms with Crippen molar-refractivity contribution in [3.63, 3.8) is 0 Å². The van der Waals surface area contributed by atoms with Crippen molar-refractivity contribution in [3.8, 4) is 0 Å². The van der Waals surface area contributed by atoms with Gasteiger partial charge in [-0.05, 0) is 22.3 Å². The Morgan fingerprint density at radius 3 is 2.57 bits per heavy atom. The average Bonchev–Trinajstić information content (AvgIpc) is 2.27. The van der Waals surface area contributed by atoms with Crippen LogP contribution >= 0.6 is 15.9 Å². The van der Waals surface area contributed by atoms with Gasteiger partial charge in [0.1, 0.15) is 0 Å². The van der Waals surface area contributed by atoms with Crippen LogP contribution in [0.1, 0.15) is 18.4 Å². The minimum Gasteiger partial charge on any atom is -0.0922 e. The van der Waals surface area contributed by atoms with Gasteiger partial charge in [0.25, 0.3) is 0 Å². The van der Waals surface area contributed by atoms with Crippen LogP contribution in [0, 0.1) is 0 Å². The molecule has 1 atom stereocenters. The summed E-state index contributed by atoms with van der Waals surface area (Å²) in [5, 5.41) is 3.72. The zero-order valence-electron chi connectivity index (χ0n) is 8.20. The molecule has 2 rings (SSSR count). The second-order valence-electron chi connectivity index (χ2n) is 3.62. The van der Waals surface area contributed by atoms with E-state index in [9.17, 15) is 0 Å². The molecule has 0 aliphatic carbocycles. The van der Waals surface area contributed by atoms with Crippen LogP contribution in [0.25, 0.3) is 10.8 Å². The van der Waals surface area contributed by atoms with Crippen LogP contribution in [0.5, 0.6) is 0 Å². The fourth-order valence-corrected chi connectivity index (χ4v) is 2.11. The summed E-state index contributed by atoms with van der Waals surface area (Å²) in [6, 6.07) is 15.1. The normalized spacial score (nSPS) is 13.0.